The maximum Gasteiger partial charge on any atom is 0.316 e. The Balaban J connectivity index is 1.70. The van der Waals surface area contributed by atoms with Gasteiger partial charge in [-0.25, -0.2) is 0 Å². The molecule has 2 aliphatic rings. The molecule has 4 nitrogen and oxygen atoms in total. The molecule has 1 fully saturated rings. The number of benzene rings is 1. The molecule has 1 aromatic carbocycles. The van der Waals surface area contributed by atoms with Crippen molar-refractivity contribution in [1.82, 2.24) is 0 Å². The quantitative estimate of drug-likeness (QED) is 0.530. The summed E-state index contributed by atoms with van der Waals surface area (Å²) in [5.41, 5.74) is 1.47. The summed E-state index contributed by atoms with van der Waals surface area (Å²) < 4.78 is 11.1. The Morgan fingerprint density at radius 1 is 1.27 bits per heavy atom. The molecule has 0 bridgehead atoms. The predicted molar refractivity (Wildman–Crippen MR) is 99.2 cm³/mol. The molecule has 0 aromatic heterocycles. The van der Waals surface area contributed by atoms with E-state index in [1.807, 2.05) is 30.3 Å². The fourth-order valence-electron chi connectivity index (χ4n) is 4.23. The second kappa shape index (κ2) is 8.07. The molecule has 1 aliphatic carbocycles. The van der Waals surface area contributed by atoms with E-state index >= 15 is 0 Å². The van der Waals surface area contributed by atoms with Crippen molar-refractivity contribution in [2.24, 2.45) is 11.3 Å². The van der Waals surface area contributed by atoms with Crippen LogP contribution >= 0.6 is 0 Å². The zero-order chi connectivity index (χ0) is 18.6. The summed E-state index contributed by atoms with van der Waals surface area (Å²) >= 11 is 0. The standard InChI is InChI=1S/C22H28O4/c1-3-11-22-12-10-16(4-2)13-18(22)19(26-21(22)24)14-20(23)25-15-17-8-6-5-7-9-17/h5-9,13,16,19H,3-4,10-12,14-15H2,1-2H3/t16-,19?,22+/m1/s1. The van der Waals surface area contributed by atoms with Crippen LogP contribution in [0.5, 0.6) is 0 Å². The van der Waals surface area contributed by atoms with Gasteiger partial charge in [-0.3, -0.25) is 9.59 Å². The lowest BCUT2D eigenvalue weighted by Crippen LogP contribution is -2.32. The zero-order valence-corrected chi connectivity index (χ0v) is 15.7. The van der Waals surface area contributed by atoms with E-state index in [1.165, 1.54) is 0 Å². The average Bonchev–Trinajstić information content (AvgIpc) is 2.92. The number of ether oxygens (including phenoxy) is 2. The molecule has 1 aromatic rings. The Morgan fingerprint density at radius 3 is 2.73 bits per heavy atom. The number of hydrogen-bond donors (Lipinski definition) is 0. The minimum absolute atomic E-state index is 0.103. The summed E-state index contributed by atoms with van der Waals surface area (Å²) in [6.45, 7) is 4.50. The van der Waals surface area contributed by atoms with Crippen molar-refractivity contribution in [1.29, 1.82) is 0 Å². The van der Waals surface area contributed by atoms with Gasteiger partial charge in [-0.1, -0.05) is 56.7 Å². The summed E-state index contributed by atoms with van der Waals surface area (Å²) in [6, 6.07) is 9.60. The molecule has 0 radical (unpaired) electrons. The van der Waals surface area contributed by atoms with Crippen LogP contribution < -0.4 is 0 Å². The summed E-state index contributed by atoms with van der Waals surface area (Å²) in [5, 5.41) is 0. The molecule has 0 amide bonds. The van der Waals surface area contributed by atoms with Crippen molar-refractivity contribution < 1.29 is 19.1 Å². The Kier molecular flexibility index (Phi) is 5.80. The number of cyclic esters (lactones) is 1. The summed E-state index contributed by atoms with van der Waals surface area (Å²) in [4.78, 5) is 25.0. The smallest absolute Gasteiger partial charge is 0.316 e. The van der Waals surface area contributed by atoms with Crippen LogP contribution in [0.3, 0.4) is 0 Å². The molecule has 3 atom stereocenters. The molecule has 1 heterocycles. The second-order valence-electron chi connectivity index (χ2n) is 7.41. The zero-order valence-electron chi connectivity index (χ0n) is 15.7. The van der Waals surface area contributed by atoms with Crippen molar-refractivity contribution in [3.05, 3.63) is 47.5 Å². The first-order valence-electron chi connectivity index (χ1n) is 9.72. The van der Waals surface area contributed by atoms with E-state index in [0.29, 0.717) is 5.92 Å². The molecular weight excluding hydrogens is 328 g/mol. The van der Waals surface area contributed by atoms with Crippen molar-refractivity contribution in [3.8, 4) is 0 Å². The highest BCUT2D eigenvalue weighted by Gasteiger charge is 2.54. The molecule has 26 heavy (non-hydrogen) atoms. The van der Waals surface area contributed by atoms with Gasteiger partial charge in [0.2, 0.25) is 0 Å². The number of carbonyl (C=O) groups is 2. The monoisotopic (exact) mass is 356 g/mol. The average molecular weight is 356 g/mol. The summed E-state index contributed by atoms with van der Waals surface area (Å²) in [7, 11) is 0. The van der Waals surface area contributed by atoms with E-state index in [4.69, 9.17) is 9.47 Å². The summed E-state index contributed by atoms with van der Waals surface area (Å²) in [6.07, 6.45) is 6.46. The highest BCUT2D eigenvalue weighted by Crippen LogP contribution is 2.51. The molecule has 1 unspecified atom stereocenters. The van der Waals surface area contributed by atoms with Crippen molar-refractivity contribution in [2.75, 3.05) is 0 Å². The Bertz CT molecular complexity index is 679. The van der Waals surface area contributed by atoms with E-state index in [-0.39, 0.29) is 25.0 Å². The van der Waals surface area contributed by atoms with Crippen LogP contribution in [0.25, 0.3) is 0 Å². The van der Waals surface area contributed by atoms with Crippen LogP contribution in [-0.4, -0.2) is 18.0 Å². The van der Waals surface area contributed by atoms with Gasteiger partial charge in [-0.15, -0.1) is 0 Å². The van der Waals surface area contributed by atoms with Gasteiger partial charge in [-0.2, -0.15) is 0 Å². The molecule has 4 heteroatoms. The lowest BCUT2D eigenvalue weighted by atomic mass is 9.67. The number of hydrogen-bond acceptors (Lipinski definition) is 4. The number of carbonyl (C=O) groups excluding carboxylic acids is 2. The summed E-state index contributed by atoms with van der Waals surface area (Å²) in [5.74, 6) is -0.00759. The molecular formula is C22H28O4. The molecule has 0 saturated carbocycles. The van der Waals surface area contributed by atoms with E-state index in [9.17, 15) is 9.59 Å². The molecule has 1 saturated heterocycles. The van der Waals surface area contributed by atoms with Gasteiger partial charge >= 0.3 is 11.9 Å². The van der Waals surface area contributed by atoms with Crippen molar-refractivity contribution in [3.63, 3.8) is 0 Å². The van der Waals surface area contributed by atoms with Gasteiger partial charge in [0.05, 0.1) is 11.8 Å². The number of fused-ring (bicyclic) bond motifs is 1. The van der Waals surface area contributed by atoms with Crippen LogP contribution in [0.4, 0.5) is 0 Å². The number of rotatable bonds is 7. The fraction of sp³-hybridized carbons (Fsp3) is 0.545. The van der Waals surface area contributed by atoms with Gasteiger partial charge in [0.15, 0.2) is 0 Å². The van der Waals surface area contributed by atoms with Gasteiger partial charge < -0.3 is 9.47 Å². The largest absolute Gasteiger partial charge is 0.461 e. The third-order valence-electron chi connectivity index (χ3n) is 5.69. The second-order valence-corrected chi connectivity index (χ2v) is 7.41. The Labute approximate surface area is 155 Å². The maximum absolute atomic E-state index is 12.7. The van der Waals surface area contributed by atoms with Gasteiger partial charge in [0, 0.05) is 0 Å². The lowest BCUT2D eigenvalue weighted by Gasteiger charge is -2.33. The molecule has 140 valence electrons. The molecule has 1 aliphatic heterocycles. The predicted octanol–water partition coefficient (Wildman–Crippen LogP) is 4.58. The topological polar surface area (TPSA) is 52.6 Å². The van der Waals surface area contributed by atoms with Gasteiger partial charge in [0.25, 0.3) is 0 Å². The highest BCUT2D eigenvalue weighted by molar-refractivity contribution is 5.86. The lowest BCUT2D eigenvalue weighted by molar-refractivity contribution is -0.153. The van der Waals surface area contributed by atoms with E-state index in [1.54, 1.807) is 0 Å². The first-order valence-corrected chi connectivity index (χ1v) is 9.72. The SMILES string of the molecule is CCC[C@]12CC[C@@H](CC)C=C1C(CC(=O)OCc1ccccc1)OC2=O. The Morgan fingerprint density at radius 2 is 2.04 bits per heavy atom. The third-order valence-corrected chi connectivity index (χ3v) is 5.69. The molecule has 3 rings (SSSR count). The number of esters is 2. The van der Waals surface area contributed by atoms with Gasteiger partial charge in [-0.05, 0) is 42.7 Å². The minimum Gasteiger partial charge on any atom is -0.461 e. The first kappa shape index (κ1) is 18.7. The van der Waals surface area contributed by atoms with Crippen LogP contribution in [0.1, 0.15) is 57.9 Å². The van der Waals surface area contributed by atoms with Crippen LogP contribution in [-0.2, 0) is 25.7 Å². The van der Waals surface area contributed by atoms with Gasteiger partial charge in [0.1, 0.15) is 12.7 Å². The highest BCUT2D eigenvalue weighted by atomic mass is 16.6. The van der Waals surface area contributed by atoms with Crippen LogP contribution in [0.15, 0.2) is 42.0 Å². The van der Waals surface area contributed by atoms with E-state index < -0.39 is 11.5 Å². The normalized spacial score (nSPS) is 27.5. The van der Waals surface area contributed by atoms with Crippen LogP contribution in [0.2, 0.25) is 0 Å². The molecule has 0 spiro atoms. The first-order chi connectivity index (χ1) is 12.6. The Hall–Kier alpha value is -2.10. The minimum atomic E-state index is -0.509. The maximum atomic E-state index is 12.7. The fourth-order valence-corrected chi connectivity index (χ4v) is 4.23. The molecule has 0 N–H and O–H groups in total. The van der Waals surface area contributed by atoms with Crippen LogP contribution in [0, 0.1) is 11.3 Å². The van der Waals surface area contributed by atoms with Crippen molar-refractivity contribution >= 4 is 11.9 Å². The van der Waals surface area contributed by atoms with E-state index in [0.717, 1.165) is 43.2 Å². The number of allylic oxidation sites excluding steroid dienone is 1. The van der Waals surface area contributed by atoms with E-state index in [2.05, 4.69) is 19.9 Å². The third kappa shape index (κ3) is 3.69. The van der Waals surface area contributed by atoms with Crippen molar-refractivity contribution in [2.45, 2.75) is 65.1 Å².